The van der Waals surface area contributed by atoms with Crippen molar-refractivity contribution in [1.29, 1.82) is 0 Å². The van der Waals surface area contributed by atoms with Gasteiger partial charge in [-0.15, -0.1) is 0 Å². The second-order valence-corrected chi connectivity index (χ2v) is 5.20. The van der Waals surface area contributed by atoms with Gasteiger partial charge in [0.1, 0.15) is 11.3 Å². The van der Waals surface area contributed by atoms with E-state index in [1.165, 1.54) is 12.1 Å². The van der Waals surface area contributed by atoms with E-state index in [2.05, 4.69) is 5.32 Å². The molecule has 1 aromatic rings. The van der Waals surface area contributed by atoms with E-state index in [1.807, 2.05) is 0 Å². The van der Waals surface area contributed by atoms with E-state index >= 15 is 0 Å². The van der Waals surface area contributed by atoms with Crippen molar-refractivity contribution in [3.8, 4) is 5.75 Å². The molecule has 1 rings (SSSR count). The SMILES string of the molecule is Cc1cc(NC(=O)C(C)(C)C)cc(C(=O)O)c1O. The fraction of sp³-hybridized carbons (Fsp3) is 0.385. The minimum absolute atomic E-state index is 0.219. The topological polar surface area (TPSA) is 86.6 Å². The highest BCUT2D eigenvalue weighted by atomic mass is 16.4. The van der Waals surface area contributed by atoms with Crippen LogP contribution in [-0.2, 0) is 4.79 Å². The van der Waals surface area contributed by atoms with E-state index in [1.54, 1.807) is 27.7 Å². The number of carbonyl (C=O) groups excluding carboxylic acids is 1. The molecule has 0 aliphatic heterocycles. The van der Waals surface area contributed by atoms with Crippen molar-refractivity contribution in [2.75, 3.05) is 5.32 Å². The van der Waals surface area contributed by atoms with Crippen molar-refractivity contribution < 1.29 is 19.8 Å². The molecule has 98 valence electrons. The maximum absolute atomic E-state index is 11.8. The van der Waals surface area contributed by atoms with Gasteiger partial charge in [-0.25, -0.2) is 4.79 Å². The van der Waals surface area contributed by atoms with Crippen LogP contribution in [0.15, 0.2) is 12.1 Å². The Kier molecular flexibility index (Phi) is 3.65. The van der Waals surface area contributed by atoms with Gasteiger partial charge in [0, 0.05) is 11.1 Å². The first kappa shape index (κ1) is 14.0. The van der Waals surface area contributed by atoms with Gasteiger partial charge in [0.25, 0.3) is 0 Å². The third kappa shape index (κ3) is 3.00. The zero-order chi connectivity index (χ0) is 14.1. The maximum atomic E-state index is 11.8. The summed E-state index contributed by atoms with van der Waals surface area (Å²) in [6, 6.07) is 2.78. The summed E-state index contributed by atoms with van der Waals surface area (Å²) in [5.41, 5.74) is -0.0317. The number of aromatic carboxylic acids is 1. The molecule has 3 N–H and O–H groups in total. The van der Waals surface area contributed by atoms with E-state index in [9.17, 15) is 14.7 Å². The lowest BCUT2D eigenvalue weighted by atomic mass is 9.95. The van der Waals surface area contributed by atoms with Crippen LogP contribution >= 0.6 is 0 Å². The summed E-state index contributed by atoms with van der Waals surface area (Å²) in [6.07, 6.45) is 0. The molecule has 0 aliphatic carbocycles. The Balaban J connectivity index is 3.13. The number of benzene rings is 1. The smallest absolute Gasteiger partial charge is 0.339 e. The average Bonchev–Trinajstić information content (AvgIpc) is 2.21. The van der Waals surface area contributed by atoms with Gasteiger partial charge in [0.05, 0.1) is 0 Å². The van der Waals surface area contributed by atoms with Crippen LogP contribution in [0.4, 0.5) is 5.69 Å². The number of phenols is 1. The summed E-state index contributed by atoms with van der Waals surface area (Å²) < 4.78 is 0. The van der Waals surface area contributed by atoms with Crippen molar-refractivity contribution >= 4 is 17.6 Å². The quantitative estimate of drug-likeness (QED) is 0.704. The van der Waals surface area contributed by atoms with Gasteiger partial charge < -0.3 is 15.5 Å². The van der Waals surface area contributed by atoms with E-state index in [-0.39, 0.29) is 17.2 Å². The molecular formula is C13H17NO4. The van der Waals surface area contributed by atoms with Crippen LogP contribution < -0.4 is 5.32 Å². The van der Waals surface area contributed by atoms with Crippen molar-refractivity contribution in [2.24, 2.45) is 5.41 Å². The monoisotopic (exact) mass is 251 g/mol. The number of aromatic hydroxyl groups is 1. The van der Waals surface area contributed by atoms with Crippen molar-refractivity contribution in [2.45, 2.75) is 27.7 Å². The van der Waals surface area contributed by atoms with Crippen LogP contribution in [-0.4, -0.2) is 22.1 Å². The lowest BCUT2D eigenvalue weighted by Gasteiger charge is -2.18. The van der Waals surface area contributed by atoms with Crippen LogP contribution in [0.2, 0.25) is 0 Å². The first-order valence-electron chi connectivity index (χ1n) is 5.51. The Morgan fingerprint density at radius 1 is 1.22 bits per heavy atom. The van der Waals surface area contributed by atoms with E-state index in [0.717, 1.165) is 0 Å². The fourth-order valence-corrected chi connectivity index (χ4v) is 1.33. The van der Waals surface area contributed by atoms with E-state index in [4.69, 9.17) is 5.11 Å². The largest absolute Gasteiger partial charge is 0.507 e. The molecule has 0 atom stereocenters. The molecule has 0 bridgehead atoms. The first-order chi connectivity index (χ1) is 8.12. The van der Waals surface area contributed by atoms with Crippen LogP contribution in [0.1, 0.15) is 36.7 Å². The number of aryl methyl sites for hydroxylation is 1. The molecule has 0 saturated heterocycles. The van der Waals surface area contributed by atoms with Gasteiger partial charge in [-0.2, -0.15) is 0 Å². The molecule has 5 nitrogen and oxygen atoms in total. The highest BCUT2D eigenvalue weighted by molar-refractivity contribution is 5.97. The van der Waals surface area contributed by atoms with Gasteiger partial charge in [-0.1, -0.05) is 20.8 Å². The Morgan fingerprint density at radius 2 is 1.78 bits per heavy atom. The number of amides is 1. The summed E-state index contributed by atoms with van der Waals surface area (Å²) >= 11 is 0. The minimum Gasteiger partial charge on any atom is -0.507 e. The van der Waals surface area contributed by atoms with Crippen LogP contribution in [0, 0.1) is 12.3 Å². The summed E-state index contributed by atoms with van der Waals surface area (Å²) in [4.78, 5) is 22.7. The molecule has 1 aromatic carbocycles. The molecule has 5 heteroatoms. The molecule has 0 spiro atoms. The lowest BCUT2D eigenvalue weighted by Crippen LogP contribution is -2.27. The molecule has 0 saturated carbocycles. The number of carboxylic acids is 1. The number of rotatable bonds is 2. The highest BCUT2D eigenvalue weighted by Crippen LogP contribution is 2.27. The van der Waals surface area contributed by atoms with E-state index in [0.29, 0.717) is 11.3 Å². The minimum atomic E-state index is -1.23. The predicted molar refractivity (Wildman–Crippen MR) is 67.9 cm³/mol. The molecule has 0 heterocycles. The van der Waals surface area contributed by atoms with Crippen LogP contribution in [0.3, 0.4) is 0 Å². The van der Waals surface area contributed by atoms with Crippen LogP contribution in [0.25, 0.3) is 0 Å². The lowest BCUT2D eigenvalue weighted by molar-refractivity contribution is -0.123. The number of hydrogen-bond acceptors (Lipinski definition) is 3. The number of hydrogen-bond donors (Lipinski definition) is 3. The van der Waals surface area contributed by atoms with Crippen LogP contribution in [0.5, 0.6) is 5.75 Å². The van der Waals surface area contributed by atoms with Crippen molar-refractivity contribution in [3.63, 3.8) is 0 Å². The molecule has 0 unspecified atom stereocenters. The highest BCUT2D eigenvalue weighted by Gasteiger charge is 2.22. The third-order valence-electron chi connectivity index (χ3n) is 2.47. The number of anilines is 1. The zero-order valence-electron chi connectivity index (χ0n) is 10.9. The average molecular weight is 251 g/mol. The normalized spacial score (nSPS) is 11.1. The second-order valence-electron chi connectivity index (χ2n) is 5.20. The molecular weight excluding hydrogens is 234 g/mol. The van der Waals surface area contributed by atoms with Crippen molar-refractivity contribution in [3.05, 3.63) is 23.3 Å². The molecule has 0 radical (unpaired) electrons. The Bertz CT molecular complexity index is 500. The number of carboxylic acid groups (broad SMARTS) is 1. The number of nitrogens with one attached hydrogen (secondary N) is 1. The summed E-state index contributed by atoms with van der Waals surface area (Å²) in [5.74, 6) is -1.73. The standard InChI is InChI=1S/C13H17NO4/c1-7-5-8(14-12(18)13(2,3)4)6-9(10(7)15)11(16)17/h5-6,15H,1-4H3,(H,14,18)(H,16,17). The van der Waals surface area contributed by atoms with E-state index < -0.39 is 11.4 Å². The molecule has 0 aromatic heterocycles. The van der Waals surface area contributed by atoms with Crippen molar-refractivity contribution in [1.82, 2.24) is 0 Å². The summed E-state index contributed by atoms with van der Waals surface area (Å²) in [5, 5.41) is 21.2. The van der Waals surface area contributed by atoms with Gasteiger partial charge in [-0.05, 0) is 24.6 Å². The first-order valence-corrected chi connectivity index (χ1v) is 5.51. The predicted octanol–water partition coefficient (Wildman–Crippen LogP) is 2.38. The van der Waals surface area contributed by atoms with Gasteiger partial charge in [0.2, 0.25) is 5.91 Å². The Hall–Kier alpha value is -2.04. The summed E-state index contributed by atoms with van der Waals surface area (Å²) in [7, 11) is 0. The zero-order valence-corrected chi connectivity index (χ0v) is 10.9. The molecule has 0 fully saturated rings. The van der Waals surface area contributed by atoms with Gasteiger partial charge in [0.15, 0.2) is 0 Å². The molecule has 1 amide bonds. The number of carbonyl (C=O) groups is 2. The summed E-state index contributed by atoms with van der Waals surface area (Å²) in [6.45, 7) is 6.85. The fourth-order valence-electron chi connectivity index (χ4n) is 1.33. The van der Waals surface area contributed by atoms with Gasteiger partial charge >= 0.3 is 5.97 Å². The molecule has 18 heavy (non-hydrogen) atoms. The second kappa shape index (κ2) is 4.68. The molecule has 0 aliphatic rings. The Morgan fingerprint density at radius 3 is 2.22 bits per heavy atom. The maximum Gasteiger partial charge on any atom is 0.339 e. The third-order valence-corrected chi connectivity index (χ3v) is 2.47. The van der Waals surface area contributed by atoms with Gasteiger partial charge in [-0.3, -0.25) is 4.79 Å². The Labute approximate surface area is 105 Å².